The smallest absolute Gasteiger partial charge is 0.235 e. The summed E-state index contributed by atoms with van der Waals surface area (Å²) in [5, 5.41) is 12.5. The molecule has 0 saturated heterocycles. The molecule has 3 rings (SSSR count). The van der Waals surface area contributed by atoms with Crippen LogP contribution in [0.3, 0.4) is 0 Å². The highest BCUT2D eigenvalue weighted by Gasteiger charge is 2.51. The van der Waals surface area contributed by atoms with E-state index < -0.39 is 5.41 Å². The van der Waals surface area contributed by atoms with Crippen LogP contribution in [0.2, 0.25) is 5.02 Å². The number of amides is 1. The highest BCUT2D eigenvalue weighted by molar-refractivity contribution is 6.32. The summed E-state index contributed by atoms with van der Waals surface area (Å²) in [6.45, 7) is 0. The Labute approximate surface area is 122 Å². The number of rotatable bonds is 3. The topological polar surface area (TPSA) is 49.3 Å². The Morgan fingerprint density at radius 2 is 1.85 bits per heavy atom. The van der Waals surface area contributed by atoms with Crippen LogP contribution in [0.15, 0.2) is 48.5 Å². The maximum atomic E-state index is 12.5. The molecule has 0 atom stereocenters. The molecule has 0 aromatic heterocycles. The van der Waals surface area contributed by atoms with Crippen molar-refractivity contribution in [3.05, 3.63) is 59.1 Å². The largest absolute Gasteiger partial charge is 0.506 e. The second-order valence-electron chi connectivity index (χ2n) is 5.07. The zero-order valence-corrected chi connectivity index (χ0v) is 11.5. The lowest BCUT2D eigenvalue weighted by Gasteiger charge is -2.16. The first-order valence-corrected chi connectivity index (χ1v) is 6.85. The highest BCUT2D eigenvalue weighted by atomic mass is 35.5. The quantitative estimate of drug-likeness (QED) is 0.845. The Kier molecular flexibility index (Phi) is 3.14. The summed E-state index contributed by atoms with van der Waals surface area (Å²) in [5.74, 6) is -0.0145. The van der Waals surface area contributed by atoms with E-state index in [1.165, 1.54) is 6.07 Å². The standard InChI is InChI=1S/C16H14ClNO2/c17-13-10-12(6-7-14(13)19)18-15(20)16(8-9-16)11-4-2-1-3-5-11/h1-7,10,19H,8-9H2,(H,18,20). The van der Waals surface area contributed by atoms with Crippen LogP contribution in [-0.2, 0) is 10.2 Å². The monoisotopic (exact) mass is 287 g/mol. The molecule has 2 N–H and O–H groups in total. The Hall–Kier alpha value is -2.00. The summed E-state index contributed by atoms with van der Waals surface area (Å²) in [6.07, 6.45) is 1.71. The molecule has 1 amide bonds. The van der Waals surface area contributed by atoms with Gasteiger partial charge in [0.1, 0.15) is 5.75 Å². The summed E-state index contributed by atoms with van der Waals surface area (Å²) >= 11 is 5.84. The van der Waals surface area contributed by atoms with E-state index in [2.05, 4.69) is 5.32 Å². The minimum absolute atomic E-state index is 0.00820. The van der Waals surface area contributed by atoms with Crippen LogP contribution in [0.4, 0.5) is 5.69 Å². The van der Waals surface area contributed by atoms with E-state index in [1.54, 1.807) is 12.1 Å². The van der Waals surface area contributed by atoms with Crippen molar-refractivity contribution in [2.24, 2.45) is 0 Å². The first-order chi connectivity index (χ1) is 9.62. The van der Waals surface area contributed by atoms with Crippen LogP contribution < -0.4 is 5.32 Å². The van der Waals surface area contributed by atoms with Crippen LogP contribution in [0.25, 0.3) is 0 Å². The highest BCUT2D eigenvalue weighted by Crippen LogP contribution is 2.49. The van der Waals surface area contributed by atoms with E-state index >= 15 is 0 Å². The number of aromatic hydroxyl groups is 1. The Morgan fingerprint density at radius 3 is 2.45 bits per heavy atom. The number of phenols is 1. The maximum Gasteiger partial charge on any atom is 0.235 e. The number of nitrogens with one attached hydrogen (secondary N) is 1. The summed E-state index contributed by atoms with van der Waals surface area (Å²) in [6, 6.07) is 14.5. The first-order valence-electron chi connectivity index (χ1n) is 6.47. The van der Waals surface area contributed by atoms with Crippen molar-refractivity contribution in [2.75, 3.05) is 5.32 Å². The van der Waals surface area contributed by atoms with Gasteiger partial charge < -0.3 is 10.4 Å². The van der Waals surface area contributed by atoms with E-state index in [4.69, 9.17) is 11.6 Å². The Bertz CT molecular complexity index is 651. The molecule has 0 spiro atoms. The third-order valence-electron chi connectivity index (χ3n) is 3.72. The number of benzene rings is 2. The summed E-state index contributed by atoms with van der Waals surface area (Å²) in [5.41, 5.74) is 1.23. The SMILES string of the molecule is O=C(Nc1ccc(O)c(Cl)c1)C1(c2ccccc2)CC1. The predicted octanol–water partition coefficient (Wildman–Crippen LogP) is 3.72. The van der Waals surface area contributed by atoms with Gasteiger partial charge in [0.2, 0.25) is 5.91 Å². The molecule has 0 unspecified atom stereocenters. The maximum absolute atomic E-state index is 12.5. The number of carbonyl (C=O) groups is 1. The minimum atomic E-state index is -0.411. The number of anilines is 1. The average Bonchev–Trinajstić information content (AvgIpc) is 3.26. The third-order valence-corrected chi connectivity index (χ3v) is 4.02. The van der Waals surface area contributed by atoms with Crippen molar-refractivity contribution in [1.29, 1.82) is 0 Å². The minimum Gasteiger partial charge on any atom is -0.506 e. The molecule has 1 fully saturated rings. The van der Waals surface area contributed by atoms with Crippen LogP contribution in [0.5, 0.6) is 5.75 Å². The molecule has 20 heavy (non-hydrogen) atoms. The Morgan fingerprint density at radius 1 is 1.15 bits per heavy atom. The molecule has 1 saturated carbocycles. The molecular formula is C16H14ClNO2. The molecule has 1 aliphatic carbocycles. The molecule has 2 aromatic carbocycles. The third kappa shape index (κ3) is 2.25. The van der Waals surface area contributed by atoms with Gasteiger partial charge in [0.15, 0.2) is 0 Å². The second kappa shape index (κ2) is 4.84. The number of hydrogen-bond acceptors (Lipinski definition) is 2. The zero-order valence-electron chi connectivity index (χ0n) is 10.8. The van der Waals surface area contributed by atoms with Gasteiger partial charge in [0, 0.05) is 5.69 Å². The molecule has 1 aliphatic rings. The van der Waals surface area contributed by atoms with Crippen LogP contribution in [-0.4, -0.2) is 11.0 Å². The van der Waals surface area contributed by atoms with Gasteiger partial charge >= 0.3 is 0 Å². The van der Waals surface area contributed by atoms with Gasteiger partial charge in [-0.25, -0.2) is 0 Å². The zero-order chi connectivity index (χ0) is 14.2. The lowest BCUT2D eigenvalue weighted by Crippen LogP contribution is -2.27. The van der Waals surface area contributed by atoms with Crippen LogP contribution >= 0.6 is 11.6 Å². The normalized spacial score (nSPS) is 15.7. The molecule has 2 aromatic rings. The number of carbonyl (C=O) groups excluding carboxylic acids is 1. The first kappa shape index (κ1) is 13.0. The van der Waals surface area contributed by atoms with E-state index in [0.29, 0.717) is 5.69 Å². The molecule has 0 heterocycles. The van der Waals surface area contributed by atoms with Crippen molar-refractivity contribution in [3.63, 3.8) is 0 Å². The fourth-order valence-electron chi connectivity index (χ4n) is 2.36. The molecule has 3 nitrogen and oxygen atoms in total. The van der Waals surface area contributed by atoms with Gasteiger partial charge in [-0.2, -0.15) is 0 Å². The Balaban J connectivity index is 1.81. The fraction of sp³-hybridized carbons (Fsp3) is 0.188. The number of phenolic OH excluding ortho intramolecular Hbond substituents is 1. The van der Waals surface area contributed by atoms with Gasteiger partial charge in [0.05, 0.1) is 10.4 Å². The van der Waals surface area contributed by atoms with Gasteiger partial charge in [-0.15, -0.1) is 0 Å². The van der Waals surface area contributed by atoms with Crippen LogP contribution in [0.1, 0.15) is 18.4 Å². The second-order valence-corrected chi connectivity index (χ2v) is 5.48. The number of halogens is 1. The molecule has 0 bridgehead atoms. The summed E-state index contributed by atoms with van der Waals surface area (Å²) in [7, 11) is 0. The molecule has 0 radical (unpaired) electrons. The summed E-state index contributed by atoms with van der Waals surface area (Å²) in [4.78, 5) is 12.5. The van der Waals surface area contributed by atoms with Gasteiger partial charge in [-0.05, 0) is 36.6 Å². The number of hydrogen-bond donors (Lipinski definition) is 2. The van der Waals surface area contributed by atoms with Crippen molar-refractivity contribution in [2.45, 2.75) is 18.3 Å². The molecular weight excluding hydrogens is 274 g/mol. The average molecular weight is 288 g/mol. The molecule has 4 heteroatoms. The molecule has 0 aliphatic heterocycles. The predicted molar refractivity (Wildman–Crippen MR) is 79.1 cm³/mol. The lowest BCUT2D eigenvalue weighted by atomic mass is 9.95. The van der Waals surface area contributed by atoms with E-state index in [-0.39, 0.29) is 16.7 Å². The van der Waals surface area contributed by atoms with E-state index in [0.717, 1.165) is 18.4 Å². The van der Waals surface area contributed by atoms with Crippen molar-refractivity contribution in [3.8, 4) is 5.75 Å². The van der Waals surface area contributed by atoms with E-state index in [1.807, 2.05) is 30.3 Å². The van der Waals surface area contributed by atoms with Crippen molar-refractivity contribution < 1.29 is 9.90 Å². The fourth-order valence-corrected chi connectivity index (χ4v) is 2.54. The van der Waals surface area contributed by atoms with Gasteiger partial charge in [0.25, 0.3) is 0 Å². The van der Waals surface area contributed by atoms with Gasteiger partial charge in [-0.1, -0.05) is 41.9 Å². The van der Waals surface area contributed by atoms with Gasteiger partial charge in [-0.3, -0.25) is 4.79 Å². The molecule has 102 valence electrons. The lowest BCUT2D eigenvalue weighted by molar-refractivity contribution is -0.118. The van der Waals surface area contributed by atoms with Crippen LogP contribution in [0, 0.1) is 0 Å². The van der Waals surface area contributed by atoms with Crippen molar-refractivity contribution in [1.82, 2.24) is 0 Å². The van der Waals surface area contributed by atoms with E-state index in [9.17, 15) is 9.90 Å². The van der Waals surface area contributed by atoms with Crippen molar-refractivity contribution >= 4 is 23.2 Å². The summed E-state index contributed by atoms with van der Waals surface area (Å²) < 4.78 is 0.